The van der Waals surface area contributed by atoms with E-state index in [0.29, 0.717) is 12.0 Å². The molecule has 1 N–H and O–H groups in total. The Labute approximate surface area is 109 Å². The van der Waals surface area contributed by atoms with Gasteiger partial charge in [0.2, 0.25) is 0 Å². The van der Waals surface area contributed by atoms with Gasteiger partial charge in [0.1, 0.15) is 0 Å². The molecule has 1 aliphatic heterocycles. The van der Waals surface area contributed by atoms with E-state index in [9.17, 15) is 4.79 Å². The monoisotopic (exact) mass is 246 g/mol. The van der Waals surface area contributed by atoms with Crippen LogP contribution in [0.3, 0.4) is 0 Å². The molecule has 1 aromatic carbocycles. The van der Waals surface area contributed by atoms with Crippen LogP contribution < -0.4 is 5.32 Å². The van der Waals surface area contributed by atoms with Crippen LogP contribution in [0.1, 0.15) is 31.1 Å². The molecule has 1 aliphatic rings. The predicted molar refractivity (Wildman–Crippen MR) is 73.6 cm³/mol. The number of nitrogens with zero attached hydrogens (tertiary/aromatic N) is 1. The molecular formula is C15H22N2O. The highest BCUT2D eigenvalue weighted by Crippen LogP contribution is 2.18. The Kier molecular flexibility index (Phi) is 4.02. The fourth-order valence-corrected chi connectivity index (χ4v) is 2.50. The van der Waals surface area contributed by atoms with E-state index in [1.54, 1.807) is 0 Å². The van der Waals surface area contributed by atoms with Crippen molar-refractivity contribution in [2.24, 2.45) is 5.92 Å². The minimum atomic E-state index is 0.155. The third-order valence-electron chi connectivity index (χ3n) is 3.60. The van der Waals surface area contributed by atoms with Crippen molar-refractivity contribution in [1.29, 1.82) is 0 Å². The number of hydrogen-bond acceptors (Lipinski definition) is 2. The summed E-state index contributed by atoms with van der Waals surface area (Å²) < 4.78 is 0. The average Bonchev–Trinajstić information content (AvgIpc) is 2.38. The number of hydrogen-bond donors (Lipinski definition) is 1. The summed E-state index contributed by atoms with van der Waals surface area (Å²) in [4.78, 5) is 14.6. The van der Waals surface area contributed by atoms with Crippen molar-refractivity contribution in [3.05, 3.63) is 35.9 Å². The number of carbonyl (C=O) groups excluding carboxylic acids is 1. The molecule has 18 heavy (non-hydrogen) atoms. The molecule has 1 fully saturated rings. The van der Waals surface area contributed by atoms with Gasteiger partial charge >= 0.3 is 0 Å². The standard InChI is InChI=1S/C15H22N2O/c1-11(2)14-9-16-12(3)10-17(14)15(18)13-7-5-4-6-8-13/h4-8,11-12,14,16H,9-10H2,1-3H3. The van der Waals surface area contributed by atoms with Crippen LogP contribution in [0.4, 0.5) is 0 Å². The zero-order valence-corrected chi connectivity index (χ0v) is 11.4. The van der Waals surface area contributed by atoms with E-state index in [0.717, 1.165) is 18.7 Å². The Bertz CT molecular complexity index is 402. The number of piperazine rings is 1. The summed E-state index contributed by atoms with van der Waals surface area (Å²) >= 11 is 0. The summed E-state index contributed by atoms with van der Waals surface area (Å²) in [5, 5.41) is 3.46. The Hall–Kier alpha value is -1.35. The van der Waals surface area contributed by atoms with Crippen molar-refractivity contribution in [1.82, 2.24) is 10.2 Å². The molecule has 0 spiro atoms. The first-order valence-corrected chi connectivity index (χ1v) is 6.69. The zero-order chi connectivity index (χ0) is 13.1. The van der Waals surface area contributed by atoms with Gasteiger partial charge in [-0.05, 0) is 25.0 Å². The number of carbonyl (C=O) groups is 1. The summed E-state index contributed by atoms with van der Waals surface area (Å²) in [6.45, 7) is 8.15. The number of nitrogens with one attached hydrogen (secondary N) is 1. The summed E-state index contributed by atoms with van der Waals surface area (Å²) in [6, 6.07) is 10.2. The van der Waals surface area contributed by atoms with Crippen LogP contribution in [0, 0.1) is 5.92 Å². The maximum absolute atomic E-state index is 12.6. The highest BCUT2D eigenvalue weighted by atomic mass is 16.2. The van der Waals surface area contributed by atoms with E-state index < -0.39 is 0 Å². The van der Waals surface area contributed by atoms with Crippen molar-refractivity contribution in [3.63, 3.8) is 0 Å². The van der Waals surface area contributed by atoms with Crippen LogP contribution in [0.15, 0.2) is 30.3 Å². The molecule has 0 bridgehead atoms. The van der Waals surface area contributed by atoms with Crippen LogP contribution >= 0.6 is 0 Å². The van der Waals surface area contributed by atoms with E-state index in [-0.39, 0.29) is 11.9 Å². The maximum atomic E-state index is 12.6. The van der Waals surface area contributed by atoms with Crippen LogP contribution in [-0.4, -0.2) is 36.0 Å². The highest BCUT2D eigenvalue weighted by molar-refractivity contribution is 5.94. The van der Waals surface area contributed by atoms with Gasteiger partial charge in [0.05, 0.1) is 0 Å². The van der Waals surface area contributed by atoms with Gasteiger partial charge in [-0.25, -0.2) is 0 Å². The van der Waals surface area contributed by atoms with Gasteiger partial charge in [-0.2, -0.15) is 0 Å². The quantitative estimate of drug-likeness (QED) is 0.867. The van der Waals surface area contributed by atoms with Crippen molar-refractivity contribution in [3.8, 4) is 0 Å². The molecule has 0 radical (unpaired) electrons. The lowest BCUT2D eigenvalue weighted by molar-refractivity contribution is 0.0522. The average molecular weight is 246 g/mol. The first kappa shape index (κ1) is 13.1. The second-order valence-corrected chi connectivity index (χ2v) is 5.44. The van der Waals surface area contributed by atoms with E-state index in [4.69, 9.17) is 0 Å². The van der Waals surface area contributed by atoms with Crippen LogP contribution in [0.25, 0.3) is 0 Å². The number of amides is 1. The van der Waals surface area contributed by atoms with Gasteiger partial charge in [-0.15, -0.1) is 0 Å². The normalized spacial score (nSPS) is 24.3. The second-order valence-electron chi connectivity index (χ2n) is 5.44. The number of rotatable bonds is 2. The zero-order valence-electron chi connectivity index (χ0n) is 11.4. The van der Waals surface area contributed by atoms with E-state index in [1.807, 2.05) is 35.2 Å². The number of benzene rings is 1. The summed E-state index contributed by atoms with van der Waals surface area (Å²) in [7, 11) is 0. The minimum Gasteiger partial charge on any atom is -0.333 e. The summed E-state index contributed by atoms with van der Waals surface area (Å²) in [5.74, 6) is 0.625. The van der Waals surface area contributed by atoms with Gasteiger partial charge in [-0.1, -0.05) is 32.0 Å². The molecule has 0 saturated carbocycles. The SMILES string of the molecule is CC1CN(C(=O)c2ccccc2)C(C(C)C)CN1. The molecule has 1 heterocycles. The second kappa shape index (κ2) is 5.53. The lowest BCUT2D eigenvalue weighted by atomic mass is 9.97. The Morgan fingerprint density at radius 3 is 2.61 bits per heavy atom. The van der Waals surface area contributed by atoms with E-state index >= 15 is 0 Å². The molecule has 2 unspecified atom stereocenters. The summed E-state index contributed by atoms with van der Waals surface area (Å²) in [5.41, 5.74) is 0.789. The largest absolute Gasteiger partial charge is 0.333 e. The fraction of sp³-hybridized carbons (Fsp3) is 0.533. The third kappa shape index (κ3) is 2.72. The van der Waals surface area contributed by atoms with Gasteiger partial charge < -0.3 is 10.2 Å². The van der Waals surface area contributed by atoms with Gasteiger partial charge in [0, 0.05) is 30.7 Å². The van der Waals surface area contributed by atoms with E-state index in [2.05, 4.69) is 26.1 Å². The third-order valence-corrected chi connectivity index (χ3v) is 3.60. The molecular weight excluding hydrogens is 224 g/mol. The maximum Gasteiger partial charge on any atom is 0.254 e. The van der Waals surface area contributed by atoms with Crippen LogP contribution in [0.5, 0.6) is 0 Å². The van der Waals surface area contributed by atoms with Gasteiger partial charge in [-0.3, -0.25) is 4.79 Å². The van der Waals surface area contributed by atoms with Crippen molar-refractivity contribution in [2.75, 3.05) is 13.1 Å². The molecule has 3 nitrogen and oxygen atoms in total. The smallest absolute Gasteiger partial charge is 0.254 e. The molecule has 1 saturated heterocycles. The lowest BCUT2D eigenvalue weighted by Gasteiger charge is -2.41. The topological polar surface area (TPSA) is 32.3 Å². The molecule has 98 valence electrons. The van der Waals surface area contributed by atoms with E-state index in [1.165, 1.54) is 0 Å². The Balaban J connectivity index is 2.20. The van der Waals surface area contributed by atoms with Crippen molar-refractivity contribution in [2.45, 2.75) is 32.9 Å². The van der Waals surface area contributed by atoms with Crippen molar-refractivity contribution >= 4 is 5.91 Å². The van der Waals surface area contributed by atoms with Crippen LogP contribution in [-0.2, 0) is 0 Å². The first-order chi connectivity index (χ1) is 8.59. The Morgan fingerprint density at radius 1 is 1.33 bits per heavy atom. The Morgan fingerprint density at radius 2 is 2.00 bits per heavy atom. The molecule has 0 aromatic heterocycles. The highest BCUT2D eigenvalue weighted by Gasteiger charge is 2.31. The van der Waals surface area contributed by atoms with Gasteiger partial charge in [0.25, 0.3) is 5.91 Å². The molecule has 2 atom stereocenters. The molecule has 0 aliphatic carbocycles. The molecule has 2 rings (SSSR count). The predicted octanol–water partition coefficient (Wildman–Crippen LogP) is 2.15. The lowest BCUT2D eigenvalue weighted by Crippen LogP contribution is -2.59. The van der Waals surface area contributed by atoms with Crippen LogP contribution in [0.2, 0.25) is 0 Å². The van der Waals surface area contributed by atoms with Crippen molar-refractivity contribution < 1.29 is 4.79 Å². The minimum absolute atomic E-state index is 0.155. The first-order valence-electron chi connectivity index (χ1n) is 6.69. The van der Waals surface area contributed by atoms with Gasteiger partial charge in [0.15, 0.2) is 0 Å². The fourth-order valence-electron chi connectivity index (χ4n) is 2.50. The molecule has 3 heteroatoms. The molecule has 1 aromatic rings. The molecule has 1 amide bonds. The summed E-state index contributed by atoms with van der Waals surface area (Å²) in [6.07, 6.45) is 0.